The summed E-state index contributed by atoms with van der Waals surface area (Å²) in [4.78, 5) is -0.329. The first-order chi connectivity index (χ1) is 9.29. The molecule has 7 heteroatoms. The van der Waals surface area contributed by atoms with Gasteiger partial charge in [0.15, 0.2) is 0 Å². The van der Waals surface area contributed by atoms with Crippen LogP contribution < -0.4 is 10.5 Å². The van der Waals surface area contributed by atoms with E-state index in [0.29, 0.717) is 5.56 Å². The average Bonchev–Trinajstić information content (AvgIpc) is 2.36. The third-order valence-electron chi connectivity index (χ3n) is 2.65. The number of sulfonamides is 1. The molecule has 0 aliphatic heterocycles. The molecule has 20 heavy (non-hydrogen) atoms. The summed E-state index contributed by atoms with van der Waals surface area (Å²) in [7, 11) is -4.08. The van der Waals surface area contributed by atoms with Crippen molar-refractivity contribution in [2.75, 3.05) is 10.5 Å². The van der Waals surface area contributed by atoms with Crippen LogP contribution in [0.4, 0.5) is 20.2 Å². The fourth-order valence-electron chi connectivity index (χ4n) is 1.60. The molecule has 0 aliphatic rings. The second-order valence-corrected chi connectivity index (χ2v) is 5.95. The Morgan fingerprint density at radius 2 is 1.75 bits per heavy atom. The van der Waals surface area contributed by atoms with E-state index >= 15 is 0 Å². The SMILES string of the molecule is Cc1ccc(F)c(NS(=O)(=O)c2ccc(N)c(F)c2)c1. The highest BCUT2D eigenvalue weighted by molar-refractivity contribution is 7.92. The lowest BCUT2D eigenvalue weighted by Gasteiger charge is -2.10. The van der Waals surface area contributed by atoms with Crippen LogP contribution in [0, 0.1) is 18.6 Å². The van der Waals surface area contributed by atoms with E-state index in [2.05, 4.69) is 4.72 Å². The quantitative estimate of drug-likeness (QED) is 0.856. The van der Waals surface area contributed by atoms with E-state index in [1.54, 1.807) is 6.92 Å². The second kappa shape index (κ2) is 5.09. The van der Waals surface area contributed by atoms with Gasteiger partial charge in [-0.2, -0.15) is 0 Å². The van der Waals surface area contributed by atoms with Crippen molar-refractivity contribution in [3.8, 4) is 0 Å². The summed E-state index contributed by atoms with van der Waals surface area (Å²) in [5, 5.41) is 0. The van der Waals surface area contributed by atoms with Gasteiger partial charge in [0.2, 0.25) is 0 Å². The molecule has 0 saturated carbocycles. The number of hydrogen-bond acceptors (Lipinski definition) is 3. The summed E-state index contributed by atoms with van der Waals surface area (Å²) >= 11 is 0. The predicted octanol–water partition coefficient (Wildman–Crippen LogP) is 2.66. The highest BCUT2D eigenvalue weighted by Gasteiger charge is 2.17. The van der Waals surface area contributed by atoms with Crippen molar-refractivity contribution >= 4 is 21.4 Å². The smallest absolute Gasteiger partial charge is 0.262 e. The van der Waals surface area contributed by atoms with Gasteiger partial charge >= 0.3 is 0 Å². The Labute approximate surface area is 115 Å². The van der Waals surface area contributed by atoms with Gasteiger partial charge in [0.05, 0.1) is 16.3 Å². The van der Waals surface area contributed by atoms with Crippen LogP contribution >= 0.6 is 0 Å². The van der Waals surface area contributed by atoms with E-state index in [1.165, 1.54) is 12.1 Å². The summed E-state index contributed by atoms with van der Waals surface area (Å²) in [6, 6.07) is 7.07. The maximum atomic E-state index is 13.5. The zero-order valence-corrected chi connectivity index (χ0v) is 11.3. The lowest BCUT2D eigenvalue weighted by atomic mass is 10.2. The first kappa shape index (κ1) is 14.3. The van der Waals surface area contributed by atoms with E-state index < -0.39 is 21.7 Å². The van der Waals surface area contributed by atoms with Gasteiger partial charge in [-0.25, -0.2) is 17.2 Å². The molecule has 0 radical (unpaired) electrons. The Morgan fingerprint density at radius 1 is 1.05 bits per heavy atom. The molecule has 0 spiro atoms. The van der Waals surface area contributed by atoms with Gasteiger partial charge in [-0.3, -0.25) is 4.72 Å². The molecule has 4 nitrogen and oxygen atoms in total. The monoisotopic (exact) mass is 298 g/mol. The van der Waals surface area contributed by atoms with Crippen molar-refractivity contribution in [2.24, 2.45) is 0 Å². The molecule has 2 aromatic rings. The molecular formula is C13H12F2N2O2S. The summed E-state index contributed by atoms with van der Waals surface area (Å²) in [6.45, 7) is 1.69. The molecule has 0 aromatic heterocycles. The Kier molecular flexibility index (Phi) is 3.63. The molecule has 0 aliphatic carbocycles. The molecule has 0 fully saturated rings. The number of benzene rings is 2. The number of aryl methyl sites for hydroxylation is 1. The fourth-order valence-corrected chi connectivity index (χ4v) is 2.67. The second-order valence-electron chi connectivity index (χ2n) is 4.27. The third-order valence-corrected chi connectivity index (χ3v) is 4.01. The van der Waals surface area contributed by atoms with Crippen molar-refractivity contribution in [1.82, 2.24) is 0 Å². The minimum Gasteiger partial charge on any atom is -0.396 e. The van der Waals surface area contributed by atoms with E-state index in [1.807, 2.05) is 0 Å². The van der Waals surface area contributed by atoms with Gasteiger partial charge in [0.1, 0.15) is 11.6 Å². The predicted molar refractivity (Wildman–Crippen MR) is 72.8 cm³/mol. The highest BCUT2D eigenvalue weighted by Crippen LogP contribution is 2.22. The first-order valence-electron chi connectivity index (χ1n) is 5.63. The van der Waals surface area contributed by atoms with Crippen LogP contribution in [0.3, 0.4) is 0 Å². The Balaban J connectivity index is 2.40. The average molecular weight is 298 g/mol. The largest absolute Gasteiger partial charge is 0.396 e. The van der Waals surface area contributed by atoms with Crippen molar-refractivity contribution < 1.29 is 17.2 Å². The number of nitrogen functional groups attached to an aromatic ring is 1. The number of nitrogens with two attached hydrogens (primary N) is 1. The molecule has 0 atom stereocenters. The highest BCUT2D eigenvalue weighted by atomic mass is 32.2. The van der Waals surface area contributed by atoms with Gasteiger partial charge in [0, 0.05) is 0 Å². The Morgan fingerprint density at radius 3 is 2.40 bits per heavy atom. The lowest BCUT2D eigenvalue weighted by molar-refractivity contribution is 0.594. The molecule has 2 rings (SSSR count). The minimum absolute atomic E-state index is 0.161. The van der Waals surface area contributed by atoms with Crippen LogP contribution in [0.5, 0.6) is 0 Å². The van der Waals surface area contributed by atoms with Gasteiger partial charge < -0.3 is 5.73 Å². The summed E-state index contributed by atoms with van der Waals surface area (Å²) in [5.74, 6) is -1.56. The number of anilines is 2. The van der Waals surface area contributed by atoms with Gasteiger partial charge in [0.25, 0.3) is 10.0 Å². The molecule has 0 unspecified atom stereocenters. The molecule has 0 amide bonds. The lowest BCUT2D eigenvalue weighted by Crippen LogP contribution is -2.14. The van der Waals surface area contributed by atoms with Crippen molar-refractivity contribution in [2.45, 2.75) is 11.8 Å². The van der Waals surface area contributed by atoms with Gasteiger partial charge in [-0.05, 0) is 42.8 Å². The van der Waals surface area contributed by atoms with Crippen molar-refractivity contribution in [3.05, 3.63) is 53.6 Å². The van der Waals surface area contributed by atoms with Gasteiger partial charge in [-0.15, -0.1) is 0 Å². The number of nitrogens with one attached hydrogen (secondary N) is 1. The summed E-state index contributed by atoms with van der Waals surface area (Å²) in [5.41, 5.74) is 5.61. The van der Waals surface area contributed by atoms with Crippen molar-refractivity contribution in [1.29, 1.82) is 0 Å². The van der Waals surface area contributed by atoms with Gasteiger partial charge in [-0.1, -0.05) is 6.07 Å². The van der Waals surface area contributed by atoms with Crippen LogP contribution in [0.1, 0.15) is 5.56 Å². The first-order valence-corrected chi connectivity index (χ1v) is 7.12. The number of halogens is 2. The van der Waals surface area contributed by atoms with Crippen LogP contribution in [-0.4, -0.2) is 8.42 Å². The molecular weight excluding hydrogens is 286 g/mol. The van der Waals surface area contributed by atoms with E-state index in [4.69, 9.17) is 5.73 Å². The molecule has 2 aromatic carbocycles. The van der Waals surface area contributed by atoms with Crippen LogP contribution in [0.25, 0.3) is 0 Å². The van der Waals surface area contributed by atoms with Crippen LogP contribution in [0.2, 0.25) is 0 Å². The number of rotatable bonds is 3. The molecule has 0 heterocycles. The molecule has 0 saturated heterocycles. The van der Waals surface area contributed by atoms with E-state index in [-0.39, 0.29) is 16.3 Å². The maximum absolute atomic E-state index is 13.5. The summed E-state index contributed by atoms with van der Waals surface area (Å²) in [6.07, 6.45) is 0. The Hall–Kier alpha value is -2.15. The molecule has 0 bridgehead atoms. The zero-order valence-electron chi connectivity index (χ0n) is 10.5. The normalized spacial score (nSPS) is 11.3. The van der Waals surface area contributed by atoms with Crippen LogP contribution in [0.15, 0.2) is 41.3 Å². The van der Waals surface area contributed by atoms with Crippen molar-refractivity contribution in [3.63, 3.8) is 0 Å². The molecule has 3 N–H and O–H groups in total. The van der Waals surface area contributed by atoms with Crippen LogP contribution in [-0.2, 0) is 10.0 Å². The maximum Gasteiger partial charge on any atom is 0.262 e. The Bertz CT molecular complexity index is 761. The standard InChI is InChI=1S/C13H12F2N2O2S/c1-8-2-4-10(14)13(6-8)17-20(18,19)9-3-5-12(16)11(15)7-9/h2-7,17H,16H2,1H3. The molecule has 106 valence electrons. The number of hydrogen-bond donors (Lipinski definition) is 2. The van der Waals surface area contributed by atoms with E-state index in [9.17, 15) is 17.2 Å². The zero-order chi connectivity index (χ0) is 14.9. The topological polar surface area (TPSA) is 72.2 Å². The van der Waals surface area contributed by atoms with E-state index in [0.717, 1.165) is 24.3 Å². The fraction of sp³-hybridized carbons (Fsp3) is 0.0769. The third kappa shape index (κ3) is 2.88. The summed E-state index contributed by atoms with van der Waals surface area (Å²) < 4.78 is 53.0. The minimum atomic E-state index is -4.08.